The van der Waals surface area contributed by atoms with Crippen LogP contribution in [0.25, 0.3) is 0 Å². The van der Waals surface area contributed by atoms with E-state index in [4.69, 9.17) is 9.84 Å². The fraction of sp³-hybridized carbons (Fsp3) is 1.00. The van der Waals surface area contributed by atoms with E-state index in [1.165, 1.54) is 0 Å². The van der Waals surface area contributed by atoms with E-state index in [0.717, 1.165) is 10.8 Å². The highest BCUT2D eigenvalue weighted by Crippen LogP contribution is 1.96. The van der Waals surface area contributed by atoms with Crippen molar-refractivity contribution in [3.05, 3.63) is 0 Å². The Hall–Kier alpha value is 0.650. The van der Waals surface area contributed by atoms with Crippen molar-refractivity contribution in [1.82, 2.24) is 0 Å². The van der Waals surface area contributed by atoms with Crippen LogP contribution in [0.5, 0.6) is 0 Å². The lowest BCUT2D eigenvalue weighted by atomic mass is 10.3. The molecular formula is C6H13IO2. The molecule has 56 valence electrons. The zero-order valence-corrected chi connectivity index (χ0v) is 7.80. The molecule has 0 unspecified atom stereocenters. The third kappa shape index (κ3) is 6.54. The highest BCUT2D eigenvalue weighted by Gasteiger charge is 2.00. The summed E-state index contributed by atoms with van der Waals surface area (Å²) in [5.74, 6) is 0. The molecule has 0 rings (SSSR count). The van der Waals surface area contributed by atoms with Gasteiger partial charge in [0, 0.05) is 11.0 Å². The van der Waals surface area contributed by atoms with Gasteiger partial charge in [0.15, 0.2) is 0 Å². The largest absolute Gasteiger partial charge is 0.391 e. The van der Waals surface area contributed by atoms with E-state index in [-0.39, 0.29) is 6.10 Å². The van der Waals surface area contributed by atoms with Crippen molar-refractivity contribution in [1.29, 1.82) is 0 Å². The molecule has 0 aliphatic carbocycles. The van der Waals surface area contributed by atoms with Gasteiger partial charge in [-0.1, -0.05) is 22.6 Å². The highest BCUT2D eigenvalue weighted by molar-refractivity contribution is 14.1. The number of ether oxygens (including phenoxy) is 1. The molecule has 0 fully saturated rings. The Bertz CT molecular complexity index is 59.0. The van der Waals surface area contributed by atoms with E-state index in [2.05, 4.69) is 22.6 Å². The summed E-state index contributed by atoms with van der Waals surface area (Å²) < 4.78 is 5.99. The van der Waals surface area contributed by atoms with Crippen molar-refractivity contribution in [3.8, 4) is 0 Å². The lowest BCUT2D eigenvalue weighted by Gasteiger charge is -2.06. The van der Waals surface area contributed by atoms with Crippen LogP contribution in [-0.2, 0) is 4.74 Å². The summed E-state index contributed by atoms with van der Waals surface area (Å²) in [4.78, 5) is 0. The van der Waals surface area contributed by atoms with Gasteiger partial charge in [0.1, 0.15) is 0 Å². The Kier molecular flexibility index (Phi) is 7.25. The molecule has 0 spiro atoms. The van der Waals surface area contributed by atoms with Gasteiger partial charge >= 0.3 is 0 Å². The maximum absolute atomic E-state index is 9.05. The van der Waals surface area contributed by atoms with Crippen LogP contribution in [0.15, 0.2) is 0 Å². The molecule has 0 aromatic rings. The van der Waals surface area contributed by atoms with E-state index in [0.29, 0.717) is 13.2 Å². The summed E-state index contributed by atoms with van der Waals surface area (Å²) in [6.07, 6.45) is 0.572. The van der Waals surface area contributed by atoms with E-state index < -0.39 is 0 Å². The van der Waals surface area contributed by atoms with Crippen molar-refractivity contribution in [2.24, 2.45) is 0 Å². The van der Waals surface area contributed by atoms with Crippen LogP contribution in [0.2, 0.25) is 0 Å². The van der Waals surface area contributed by atoms with Crippen molar-refractivity contribution in [2.45, 2.75) is 19.4 Å². The maximum atomic E-state index is 9.05. The second-order valence-corrected chi connectivity index (χ2v) is 2.87. The first-order valence-electron chi connectivity index (χ1n) is 3.13. The summed E-state index contributed by atoms with van der Waals surface area (Å²) in [6.45, 7) is 3.11. The fourth-order valence-corrected chi connectivity index (χ4v) is 1.18. The molecule has 0 saturated carbocycles. The summed E-state index contributed by atoms with van der Waals surface area (Å²) in [6, 6.07) is 0. The number of halogens is 1. The van der Waals surface area contributed by atoms with E-state index in [1.807, 2.05) is 6.92 Å². The summed E-state index contributed by atoms with van der Waals surface area (Å²) in [5, 5.41) is 9.05. The SMILES string of the molecule is CCOC[C@H](O)CCI. The predicted molar refractivity (Wildman–Crippen MR) is 46.0 cm³/mol. The first kappa shape index (κ1) is 9.65. The molecule has 0 aromatic heterocycles. The topological polar surface area (TPSA) is 29.5 Å². The molecule has 0 heterocycles. The molecule has 0 radical (unpaired) electrons. The monoisotopic (exact) mass is 244 g/mol. The van der Waals surface area contributed by atoms with Crippen LogP contribution >= 0.6 is 22.6 Å². The molecule has 0 aromatic carbocycles. The van der Waals surface area contributed by atoms with Crippen LogP contribution in [-0.4, -0.2) is 28.9 Å². The van der Waals surface area contributed by atoms with Crippen LogP contribution in [0.1, 0.15) is 13.3 Å². The Balaban J connectivity index is 2.95. The average Bonchev–Trinajstić information content (AvgIpc) is 1.85. The lowest BCUT2D eigenvalue weighted by Crippen LogP contribution is -2.15. The van der Waals surface area contributed by atoms with Gasteiger partial charge in [0.25, 0.3) is 0 Å². The average molecular weight is 244 g/mol. The molecule has 0 saturated heterocycles. The van der Waals surface area contributed by atoms with Gasteiger partial charge in [0.05, 0.1) is 12.7 Å². The minimum absolute atomic E-state index is 0.262. The van der Waals surface area contributed by atoms with E-state index in [1.54, 1.807) is 0 Å². The van der Waals surface area contributed by atoms with Crippen molar-refractivity contribution < 1.29 is 9.84 Å². The third-order valence-corrected chi connectivity index (χ3v) is 1.58. The maximum Gasteiger partial charge on any atom is 0.0781 e. The smallest absolute Gasteiger partial charge is 0.0781 e. The Morgan fingerprint density at radius 3 is 2.78 bits per heavy atom. The highest BCUT2D eigenvalue weighted by atomic mass is 127. The van der Waals surface area contributed by atoms with E-state index in [9.17, 15) is 0 Å². The predicted octanol–water partition coefficient (Wildman–Crippen LogP) is 1.21. The minimum atomic E-state index is -0.262. The molecule has 0 aliphatic heterocycles. The molecular weight excluding hydrogens is 231 g/mol. The minimum Gasteiger partial charge on any atom is -0.391 e. The number of alkyl halides is 1. The molecule has 0 aliphatic rings. The fourth-order valence-electron chi connectivity index (χ4n) is 0.463. The molecule has 9 heavy (non-hydrogen) atoms. The van der Waals surface area contributed by atoms with Gasteiger partial charge in [-0.15, -0.1) is 0 Å². The number of aliphatic hydroxyl groups is 1. The van der Waals surface area contributed by atoms with Crippen LogP contribution in [0.3, 0.4) is 0 Å². The van der Waals surface area contributed by atoms with Gasteiger partial charge in [0.2, 0.25) is 0 Å². The Morgan fingerprint density at radius 2 is 2.33 bits per heavy atom. The quantitative estimate of drug-likeness (QED) is 0.581. The van der Waals surface area contributed by atoms with Crippen molar-refractivity contribution in [3.63, 3.8) is 0 Å². The Labute approximate surface area is 69.7 Å². The van der Waals surface area contributed by atoms with Gasteiger partial charge in [-0.05, 0) is 13.3 Å². The number of hydrogen-bond acceptors (Lipinski definition) is 2. The summed E-state index contributed by atoms with van der Waals surface area (Å²) >= 11 is 2.24. The van der Waals surface area contributed by atoms with Crippen LogP contribution in [0, 0.1) is 0 Å². The number of hydrogen-bond donors (Lipinski definition) is 1. The van der Waals surface area contributed by atoms with Crippen LogP contribution in [0.4, 0.5) is 0 Å². The lowest BCUT2D eigenvalue weighted by molar-refractivity contribution is 0.0418. The zero-order chi connectivity index (χ0) is 7.11. The van der Waals surface area contributed by atoms with E-state index >= 15 is 0 Å². The number of aliphatic hydroxyl groups excluding tert-OH is 1. The standard InChI is InChI=1S/C6H13IO2/c1-2-9-5-6(8)3-4-7/h6,8H,2-5H2,1H3/t6-/m1/s1. The van der Waals surface area contributed by atoms with Crippen molar-refractivity contribution >= 4 is 22.6 Å². The van der Waals surface area contributed by atoms with Gasteiger partial charge < -0.3 is 9.84 Å². The second kappa shape index (κ2) is 6.77. The summed E-state index contributed by atoms with van der Waals surface area (Å²) in [7, 11) is 0. The van der Waals surface area contributed by atoms with Gasteiger partial charge in [-0.25, -0.2) is 0 Å². The van der Waals surface area contributed by atoms with Gasteiger partial charge in [-0.3, -0.25) is 0 Å². The molecule has 3 heteroatoms. The second-order valence-electron chi connectivity index (χ2n) is 1.79. The molecule has 1 atom stereocenters. The molecule has 1 N–H and O–H groups in total. The molecule has 0 bridgehead atoms. The first-order valence-corrected chi connectivity index (χ1v) is 4.65. The van der Waals surface area contributed by atoms with Crippen molar-refractivity contribution in [2.75, 3.05) is 17.6 Å². The molecule has 0 amide bonds. The third-order valence-electron chi connectivity index (χ3n) is 0.957. The van der Waals surface area contributed by atoms with Gasteiger partial charge in [-0.2, -0.15) is 0 Å². The zero-order valence-electron chi connectivity index (χ0n) is 5.64. The Morgan fingerprint density at radius 1 is 1.67 bits per heavy atom. The van der Waals surface area contributed by atoms with Crippen LogP contribution < -0.4 is 0 Å². The number of rotatable bonds is 5. The molecule has 2 nitrogen and oxygen atoms in total. The summed E-state index contributed by atoms with van der Waals surface area (Å²) in [5.41, 5.74) is 0. The first-order chi connectivity index (χ1) is 4.31. The normalized spacial score (nSPS) is 13.7.